The predicted molar refractivity (Wildman–Crippen MR) is 124 cm³/mol. The van der Waals surface area contributed by atoms with Crippen LogP contribution in [-0.2, 0) is 6.54 Å². The molecule has 4 aromatic rings. The van der Waals surface area contributed by atoms with Gasteiger partial charge < -0.3 is 5.32 Å². The topological polar surface area (TPSA) is 42.7 Å². The lowest BCUT2D eigenvalue weighted by molar-refractivity contribution is 0.742. The summed E-state index contributed by atoms with van der Waals surface area (Å²) in [5.41, 5.74) is 5.55. The van der Waals surface area contributed by atoms with Gasteiger partial charge in [-0.2, -0.15) is 5.10 Å². The van der Waals surface area contributed by atoms with Gasteiger partial charge in [-0.15, -0.1) is 11.3 Å². The molecule has 0 saturated heterocycles. The van der Waals surface area contributed by atoms with Crippen LogP contribution in [0.2, 0.25) is 0 Å². The number of thiophene rings is 1. The molecular weight excluding hydrogens is 444 g/mol. The zero-order valence-corrected chi connectivity index (χ0v) is 18.5. The van der Waals surface area contributed by atoms with Crippen molar-refractivity contribution in [2.45, 2.75) is 13.5 Å². The first-order chi connectivity index (χ1) is 14.2. The second-order valence-corrected chi connectivity index (χ2v) is 9.25. The summed E-state index contributed by atoms with van der Waals surface area (Å²) in [6.07, 6.45) is 7.94. The van der Waals surface area contributed by atoms with Crippen molar-refractivity contribution < 1.29 is 0 Å². The van der Waals surface area contributed by atoms with Crippen molar-refractivity contribution in [2.24, 2.45) is 0 Å². The Balaban J connectivity index is 1.52. The quantitative estimate of drug-likeness (QED) is 0.367. The predicted octanol–water partition coefficient (Wildman–Crippen LogP) is 5.95. The molecule has 146 valence electrons. The fraction of sp³-hybridized carbons (Fsp3) is 0.130. The molecule has 6 heteroatoms. The van der Waals surface area contributed by atoms with E-state index in [-0.39, 0.29) is 0 Å². The van der Waals surface area contributed by atoms with E-state index in [2.05, 4.69) is 69.7 Å². The fourth-order valence-corrected chi connectivity index (χ4v) is 4.55. The number of pyridine rings is 1. The molecule has 0 bridgehead atoms. The van der Waals surface area contributed by atoms with E-state index in [0.29, 0.717) is 0 Å². The first-order valence-corrected chi connectivity index (χ1v) is 11.0. The van der Waals surface area contributed by atoms with E-state index >= 15 is 0 Å². The van der Waals surface area contributed by atoms with Crippen molar-refractivity contribution in [3.8, 4) is 16.9 Å². The van der Waals surface area contributed by atoms with Gasteiger partial charge in [0.1, 0.15) is 0 Å². The summed E-state index contributed by atoms with van der Waals surface area (Å²) >= 11 is 5.26. The summed E-state index contributed by atoms with van der Waals surface area (Å²) in [7, 11) is 0. The van der Waals surface area contributed by atoms with Gasteiger partial charge in [0.25, 0.3) is 0 Å². The summed E-state index contributed by atoms with van der Waals surface area (Å²) in [5.74, 6) is 0. The number of nitrogens with zero attached hydrogens (tertiary/aromatic N) is 3. The monoisotopic (exact) mass is 464 g/mol. The van der Waals surface area contributed by atoms with Gasteiger partial charge in [0.2, 0.25) is 0 Å². The standard InChI is InChI=1S/C23H21BrN4S/c1-17(13-21-7-8-22(24)29-21)14-26-15-19-16-28(20-5-3-2-4-6-20)27-23(19)18-9-11-25-12-10-18/h2-13,16,26H,14-15H2,1H3/b17-13+. The maximum absolute atomic E-state index is 4.85. The minimum Gasteiger partial charge on any atom is -0.309 e. The Labute approximate surface area is 183 Å². The maximum Gasteiger partial charge on any atom is 0.0973 e. The molecule has 0 unspecified atom stereocenters. The first kappa shape index (κ1) is 19.8. The van der Waals surface area contributed by atoms with Gasteiger partial charge in [-0.1, -0.05) is 23.8 Å². The van der Waals surface area contributed by atoms with Gasteiger partial charge in [-0.25, -0.2) is 4.68 Å². The summed E-state index contributed by atoms with van der Waals surface area (Å²) in [4.78, 5) is 5.39. The van der Waals surface area contributed by atoms with Crippen molar-refractivity contribution in [1.82, 2.24) is 20.1 Å². The highest BCUT2D eigenvalue weighted by atomic mass is 79.9. The molecule has 0 fully saturated rings. The van der Waals surface area contributed by atoms with E-state index in [1.165, 1.54) is 10.5 Å². The number of rotatable bonds is 7. The minimum absolute atomic E-state index is 0.740. The number of para-hydroxylation sites is 1. The smallest absolute Gasteiger partial charge is 0.0973 e. The molecule has 0 amide bonds. The molecule has 3 heterocycles. The van der Waals surface area contributed by atoms with E-state index in [9.17, 15) is 0 Å². The Morgan fingerprint density at radius 1 is 1.10 bits per heavy atom. The molecule has 0 spiro atoms. The molecule has 1 aromatic carbocycles. The lowest BCUT2D eigenvalue weighted by atomic mass is 10.1. The van der Waals surface area contributed by atoms with Crippen LogP contribution in [0.4, 0.5) is 0 Å². The summed E-state index contributed by atoms with van der Waals surface area (Å²) in [6, 6.07) is 18.4. The Kier molecular flexibility index (Phi) is 6.34. The Morgan fingerprint density at radius 3 is 2.62 bits per heavy atom. The molecule has 4 rings (SSSR count). The van der Waals surface area contributed by atoms with E-state index in [0.717, 1.165) is 39.4 Å². The second-order valence-electron chi connectivity index (χ2n) is 6.76. The molecule has 4 nitrogen and oxygen atoms in total. The summed E-state index contributed by atoms with van der Waals surface area (Å²) in [5, 5.41) is 8.41. The number of benzene rings is 1. The van der Waals surface area contributed by atoms with Crippen molar-refractivity contribution in [2.75, 3.05) is 6.54 Å². The van der Waals surface area contributed by atoms with E-state index < -0.39 is 0 Å². The molecule has 0 radical (unpaired) electrons. The van der Waals surface area contributed by atoms with E-state index in [1.54, 1.807) is 23.7 Å². The Hall–Kier alpha value is -2.54. The molecule has 29 heavy (non-hydrogen) atoms. The number of hydrogen-bond donors (Lipinski definition) is 1. The third-order valence-corrected chi connectivity index (χ3v) is 6.04. The lowest BCUT2D eigenvalue weighted by Gasteiger charge is -2.05. The minimum atomic E-state index is 0.740. The van der Waals surface area contributed by atoms with Gasteiger partial charge >= 0.3 is 0 Å². The van der Waals surface area contributed by atoms with Gasteiger partial charge in [0.15, 0.2) is 0 Å². The van der Waals surface area contributed by atoms with Crippen molar-refractivity contribution in [3.05, 3.63) is 93.0 Å². The van der Waals surface area contributed by atoms with Gasteiger partial charge in [-0.3, -0.25) is 4.98 Å². The summed E-state index contributed by atoms with van der Waals surface area (Å²) < 4.78 is 3.10. The Morgan fingerprint density at radius 2 is 1.90 bits per heavy atom. The average molecular weight is 465 g/mol. The van der Waals surface area contributed by atoms with Gasteiger partial charge in [0, 0.05) is 47.7 Å². The SMILES string of the molecule is C/C(=C\c1ccc(Br)s1)CNCc1cn(-c2ccccc2)nc1-c1ccncc1. The highest BCUT2D eigenvalue weighted by Crippen LogP contribution is 2.25. The third-order valence-electron chi connectivity index (χ3n) is 4.47. The second kappa shape index (κ2) is 9.31. The number of hydrogen-bond acceptors (Lipinski definition) is 4. The van der Waals surface area contributed by atoms with Gasteiger partial charge in [0.05, 0.1) is 15.2 Å². The van der Waals surface area contributed by atoms with Crippen LogP contribution in [0.5, 0.6) is 0 Å². The lowest BCUT2D eigenvalue weighted by Crippen LogP contribution is -2.15. The third kappa shape index (κ3) is 5.09. The van der Waals surface area contributed by atoms with Crippen LogP contribution in [0.15, 0.2) is 82.5 Å². The Bertz CT molecular complexity index is 1100. The van der Waals surface area contributed by atoms with Crippen molar-refractivity contribution >= 4 is 33.3 Å². The largest absolute Gasteiger partial charge is 0.309 e. The van der Waals surface area contributed by atoms with E-state index in [4.69, 9.17) is 5.10 Å². The molecule has 1 N–H and O–H groups in total. The number of aromatic nitrogens is 3. The van der Waals surface area contributed by atoms with Crippen LogP contribution in [-0.4, -0.2) is 21.3 Å². The molecule has 0 atom stereocenters. The normalized spacial score (nSPS) is 11.7. The van der Waals surface area contributed by atoms with E-state index in [1.807, 2.05) is 35.0 Å². The molecule has 0 aliphatic carbocycles. The van der Waals surface area contributed by atoms with Crippen molar-refractivity contribution in [1.29, 1.82) is 0 Å². The maximum atomic E-state index is 4.85. The van der Waals surface area contributed by atoms with Gasteiger partial charge in [-0.05, 0) is 65.3 Å². The molecular formula is C23H21BrN4S. The van der Waals surface area contributed by atoms with Crippen LogP contribution in [0.1, 0.15) is 17.4 Å². The summed E-state index contributed by atoms with van der Waals surface area (Å²) in [6.45, 7) is 3.71. The molecule has 3 aromatic heterocycles. The van der Waals surface area contributed by atoms with Crippen LogP contribution in [0, 0.1) is 0 Å². The van der Waals surface area contributed by atoms with Crippen LogP contribution < -0.4 is 5.32 Å². The zero-order chi connectivity index (χ0) is 20.1. The average Bonchev–Trinajstić information content (AvgIpc) is 3.35. The molecule has 0 aliphatic heterocycles. The number of nitrogens with one attached hydrogen (secondary N) is 1. The van der Waals surface area contributed by atoms with Crippen LogP contribution >= 0.6 is 27.3 Å². The van der Waals surface area contributed by atoms with Crippen LogP contribution in [0.25, 0.3) is 23.0 Å². The molecule has 0 saturated carbocycles. The number of halogens is 1. The highest BCUT2D eigenvalue weighted by Gasteiger charge is 2.12. The van der Waals surface area contributed by atoms with Crippen LogP contribution in [0.3, 0.4) is 0 Å². The first-order valence-electron chi connectivity index (χ1n) is 9.36. The fourth-order valence-electron chi connectivity index (χ4n) is 3.10. The molecule has 0 aliphatic rings. The zero-order valence-electron chi connectivity index (χ0n) is 16.0. The van der Waals surface area contributed by atoms with Crippen molar-refractivity contribution in [3.63, 3.8) is 0 Å². The highest BCUT2D eigenvalue weighted by molar-refractivity contribution is 9.11.